The third-order valence-corrected chi connectivity index (χ3v) is 8.78. The van der Waals surface area contributed by atoms with Crippen LogP contribution in [0.4, 0.5) is 27.5 Å². The largest absolute Gasteiger partial charge is 0.487 e. The fourth-order valence-electron chi connectivity index (χ4n) is 6.12. The van der Waals surface area contributed by atoms with Crippen molar-refractivity contribution in [3.63, 3.8) is 0 Å². The summed E-state index contributed by atoms with van der Waals surface area (Å²) in [5.41, 5.74) is 3.61. The zero-order valence-corrected chi connectivity index (χ0v) is 29.8. The predicted molar refractivity (Wildman–Crippen MR) is 197 cm³/mol. The fourth-order valence-corrected chi connectivity index (χ4v) is 6.12. The van der Waals surface area contributed by atoms with Crippen LogP contribution in [0.1, 0.15) is 61.6 Å². The number of hydrogen-bond acceptors (Lipinski definition) is 10. The van der Waals surface area contributed by atoms with Gasteiger partial charge in [-0.25, -0.2) is 14.8 Å². The number of guanidine groups is 1. The van der Waals surface area contributed by atoms with Gasteiger partial charge in [-0.2, -0.15) is 0 Å². The number of Topliss-reactive ketones (excluding diaryl/α,β-unsaturated/α-hetero) is 1. The topological polar surface area (TPSA) is 172 Å². The maximum Gasteiger partial charge on any atom is 0.325 e. The molecule has 3 heterocycles. The highest BCUT2D eigenvalue weighted by Gasteiger charge is 2.40. The van der Waals surface area contributed by atoms with Crippen LogP contribution >= 0.6 is 0 Å². The monoisotopic (exact) mass is 696 g/mol. The van der Waals surface area contributed by atoms with Gasteiger partial charge in [-0.1, -0.05) is 26.8 Å². The number of nitro benzene ring substituents is 1. The first-order chi connectivity index (χ1) is 24.3. The Morgan fingerprint density at radius 1 is 1.10 bits per heavy atom. The molecular weight excluding hydrogens is 652 g/mol. The average molecular weight is 697 g/mol. The van der Waals surface area contributed by atoms with Crippen molar-refractivity contribution in [2.45, 2.75) is 60.0 Å². The summed E-state index contributed by atoms with van der Waals surface area (Å²) < 4.78 is 5.56. The van der Waals surface area contributed by atoms with E-state index < -0.39 is 17.0 Å². The van der Waals surface area contributed by atoms with Crippen LogP contribution in [0.5, 0.6) is 5.75 Å². The number of anilines is 3. The van der Waals surface area contributed by atoms with E-state index in [2.05, 4.69) is 20.6 Å². The van der Waals surface area contributed by atoms with Gasteiger partial charge in [0.15, 0.2) is 11.5 Å². The number of ether oxygens (including phenoxy) is 1. The van der Waals surface area contributed by atoms with Crippen LogP contribution in [0.25, 0.3) is 0 Å². The quantitative estimate of drug-likeness (QED) is 0.114. The van der Waals surface area contributed by atoms with E-state index in [4.69, 9.17) is 9.73 Å². The second-order valence-electron chi connectivity index (χ2n) is 13.4. The zero-order chi connectivity index (χ0) is 36.8. The Balaban J connectivity index is 1.30. The molecule has 1 fully saturated rings. The maximum atomic E-state index is 13.7. The van der Waals surface area contributed by atoms with Crippen LogP contribution in [0.3, 0.4) is 0 Å². The second-order valence-corrected chi connectivity index (χ2v) is 13.4. The molecule has 2 N–H and O–H groups in total. The number of ketones is 1. The summed E-state index contributed by atoms with van der Waals surface area (Å²) in [6.07, 6.45) is 4.05. The molecule has 14 nitrogen and oxygen atoms in total. The lowest BCUT2D eigenvalue weighted by Gasteiger charge is -2.43. The Labute approximate surface area is 297 Å². The van der Waals surface area contributed by atoms with Gasteiger partial charge in [0.2, 0.25) is 11.9 Å². The molecule has 0 spiro atoms. The molecule has 1 aromatic heterocycles. The molecule has 2 aliphatic rings. The number of aromatic nitrogens is 1. The smallest absolute Gasteiger partial charge is 0.325 e. The third-order valence-electron chi connectivity index (χ3n) is 8.78. The Morgan fingerprint density at radius 2 is 1.86 bits per heavy atom. The first-order valence-electron chi connectivity index (χ1n) is 17.1. The van der Waals surface area contributed by atoms with E-state index in [1.807, 2.05) is 52.8 Å². The van der Waals surface area contributed by atoms with Crippen molar-refractivity contribution in [1.82, 2.24) is 9.88 Å². The number of nitrogens with one attached hydrogen (secondary N) is 2. The van der Waals surface area contributed by atoms with Crippen molar-refractivity contribution in [3.05, 3.63) is 81.7 Å². The number of fused-ring (bicyclic) bond motifs is 1. The summed E-state index contributed by atoms with van der Waals surface area (Å²) in [4.78, 5) is 68.6. The lowest BCUT2D eigenvalue weighted by Crippen LogP contribution is -2.58. The van der Waals surface area contributed by atoms with Crippen molar-refractivity contribution < 1.29 is 24.0 Å². The van der Waals surface area contributed by atoms with Crippen molar-refractivity contribution in [1.29, 1.82) is 0 Å². The molecule has 3 amide bonds. The fraction of sp³-hybridized carbons (Fsp3) is 0.405. The summed E-state index contributed by atoms with van der Waals surface area (Å²) in [6.45, 7) is 10.2. The van der Waals surface area contributed by atoms with Gasteiger partial charge in [-0.15, -0.1) is 0 Å². The molecule has 1 saturated heterocycles. The Morgan fingerprint density at radius 3 is 2.55 bits per heavy atom. The Hall–Kier alpha value is -5.66. The van der Waals surface area contributed by atoms with Gasteiger partial charge in [0.25, 0.3) is 0 Å². The molecule has 268 valence electrons. The molecule has 0 bridgehead atoms. The molecule has 14 heteroatoms. The molecule has 2 aromatic carbocycles. The number of hydrogen-bond donors (Lipinski definition) is 2. The number of carbonyl (C=O) groups is 3. The van der Waals surface area contributed by atoms with Gasteiger partial charge in [0.05, 0.1) is 35.0 Å². The minimum absolute atomic E-state index is 0.0252. The Bertz CT molecular complexity index is 1860. The maximum absolute atomic E-state index is 13.7. The van der Waals surface area contributed by atoms with E-state index in [1.165, 1.54) is 18.2 Å². The van der Waals surface area contributed by atoms with Gasteiger partial charge in [0, 0.05) is 55.2 Å². The molecule has 51 heavy (non-hydrogen) atoms. The highest BCUT2D eigenvalue weighted by molar-refractivity contribution is 6.03. The average Bonchev–Trinajstić information content (AvgIpc) is 3.10. The molecule has 3 atom stereocenters. The van der Waals surface area contributed by atoms with Gasteiger partial charge in [0.1, 0.15) is 6.17 Å². The number of pyridine rings is 1. The number of rotatable bonds is 13. The van der Waals surface area contributed by atoms with Crippen LogP contribution in [0, 0.1) is 41.7 Å². The molecule has 0 aliphatic carbocycles. The molecular formula is C37H44N8O6. The molecule has 2 unspecified atom stereocenters. The number of benzene rings is 2. The molecule has 5 rings (SSSR count). The summed E-state index contributed by atoms with van der Waals surface area (Å²) in [7, 11) is 1.71. The van der Waals surface area contributed by atoms with E-state index in [9.17, 15) is 24.5 Å². The van der Waals surface area contributed by atoms with E-state index >= 15 is 0 Å². The lowest BCUT2D eigenvalue weighted by atomic mass is 9.89. The number of amides is 3. The van der Waals surface area contributed by atoms with Crippen molar-refractivity contribution >= 4 is 52.6 Å². The normalized spacial score (nSPS) is 17.5. The van der Waals surface area contributed by atoms with Gasteiger partial charge in [-0.3, -0.25) is 29.6 Å². The molecule has 0 saturated carbocycles. The number of urea groups is 1. The molecule has 2 aliphatic heterocycles. The van der Waals surface area contributed by atoms with Gasteiger partial charge >= 0.3 is 11.7 Å². The van der Waals surface area contributed by atoms with Crippen molar-refractivity contribution in [3.8, 4) is 5.75 Å². The minimum atomic E-state index is -0.671. The SMILES string of the molecule is CCCOc1cc(C(=O)C[C@@H](CC(C)C)C(=O)Nc2ccc(C)c(N3CC4C=NC(Nc5ccc(C)nc5)=NC4N(C)C3=O)c2)ccc1[N+](=O)[O-]. The van der Waals surface area contributed by atoms with E-state index in [0.717, 1.165) is 16.9 Å². The number of nitro groups is 1. The summed E-state index contributed by atoms with van der Waals surface area (Å²) in [5.74, 6) is -0.978. The van der Waals surface area contributed by atoms with Crippen molar-refractivity contribution in [2.24, 2.45) is 27.7 Å². The minimum Gasteiger partial charge on any atom is -0.487 e. The van der Waals surface area contributed by atoms with Crippen LogP contribution < -0.4 is 20.3 Å². The number of carbonyl (C=O) groups excluding carboxylic acids is 3. The second kappa shape index (κ2) is 15.9. The van der Waals surface area contributed by atoms with Crippen molar-refractivity contribution in [2.75, 3.05) is 35.7 Å². The van der Waals surface area contributed by atoms with Crippen LogP contribution in [0.15, 0.2) is 64.7 Å². The van der Waals surface area contributed by atoms with E-state index in [0.29, 0.717) is 36.7 Å². The summed E-state index contributed by atoms with van der Waals surface area (Å²) in [5, 5.41) is 17.6. The highest BCUT2D eigenvalue weighted by Crippen LogP contribution is 2.33. The lowest BCUT2D eigenvalue weighted by molar-refractivity contribution is -0.385. The Kier molecular flexibility index (Phi) is 11.4. The predicted octanol–water partition coefficient (Wildman–Crippen LogP) is 6.64. The number of aryl methyl sites for hydroxylation is 2. The highest BCUT2D eigenvalue weighted by atomic mass is 16.6. The van der Waals surface area contributed by atoms with Gasteiger partial charge < -0.3 is 20.3 Å². The third kappa shape index (κ3) is 8.74. The first-order valence-corrected chi connectivity index (χ1v) is 17.1. The number of nitrogens with zero attached hydrogens (tertiary/aromatic N) is 6. The number of aliphatic imine (C=N–C) groups is 2. The van der Waals surface area contributed by atoms with Crippen LogP contribution in [0.2, 0.25) is 0 Å². The van der Waals surface area contributed by atoms with E-state index in [1.54, 1.807) is 41.4 Å². The first kappa shape index (κ1) is 36.6. The van der Waals surface area contributed by atoms with Crippen LogP contribution in [-0.4, -0.2) is 71.1 Å². The standard InChI is InChI=1S/C37H44N8O6/c1-7-14-51-33-17-25(10-13-30(33)45(49)50)32(46)16-26(15-22(2)3)35(47)40-28-11-8-23(4)31(18-28)44-21-27-19-39-36(42-34(27)43(6)37(44)48)41-29-12-9-24(5)38-20-29/h8-13,17-20,22,26-27,34H,7,14-16,21H2,1-6H3,(H,40,47)(H,41,42)/t26-,27?,34?/m1/s1. The zero-order valence-electron chi connectivity index (χ0n) is 29.8. The summed E-state index contributed by atoms with van der Waals surface area (Å²) >= 11 is 0. The molecule has 3 aromatic rings. The van der Waals surface area contributed by atoms with Gasteiger partial charge in [-0.05, 0) is 74.6 Å². The van der Waals surface area contributed by atoms with Crippen LogP contribution in [-0.2, 0) is 4.79 Å². The molecule has 0 radical (unpaired) electrons. The summed E-state index contributed by atoms with van der Waals surface area (Å²) in [6, 6.07) is 12.9. The van der Waals surface area contributed by atoms with E-state index in [-0.39, 0.29) is 59.6 Å².